The highest BCUT2D eigenvalue weighted by atomic mass is 32.2. The number of nitrogens with zero attached hydrogens (tertiary/aromatic N) is 1. The zero-order valence-electron chi connectivity index (χ0n) is 12.0. The van der Waals surface area contributed by atoms with E-state index < -0.39 is 33.5 Å². The summed E-state index contributed by atoms with van der Waals surface area (Å²) in [6.07, 6.45) is -0.0631. The fraction of sp³-hybridized carbons (Fsp3) is 0.917. The molecule has 6 nitrogen and oxygen atoms in total. The molecule has 19 heavy (non-hydrogen) atoms. The fourth-order valence-corrected chi connectivity index (χ4v) is 2.69. The quantitative estimate of drug-likeness (QED) is 0.712. The van der Waals surface area contributed by atoms with Crippen molar-refractivity contribution in [3.05, 3.63) is 0 Å². The molecule has 0 radical (unpaired) electrons. The van der Waals surface area contributed by atoms with E-state index in [0.717, 1.165) is 6.26 Å². The van der Waals surface area contributed by atoms with Crippen LogP contribution in [0.3, 0.4) is 0 Å². The molecule has 3 atom stereocenters. The predicted octanol–water partition coefficient (Wildman–Crippen LogP) is 1.42. The summed E-state index contributed by atoms with van der Waals surface area (Å²) in [4.78, 5) is 0. The first-order chi connectivity index (χ1) is 8.53. The van der Waals surface area contributed by atoms with Crippen molar-refractivity contribution in [2.75, 3.05) is 12.9 Å². The lowest BCUT2D eigenvalue weighted by atomic mass is 9.80. The van der Waals surface area contributed by atoms with Crippen LogP contribution in [0.15, 0.2) is 0 Å². The van der Waals surface area contributed by atoms with Crippen molar-refractivity contribution in [1.82, 2.24) is 0 Å². The van der Waals surface area contributed by atoms with E-state index in [4.69, 9.17) is 13.7 Å². The molecule has 110 valence electrons. The van der Waals surface area contributed by atoms with E-state index in [1.165, 1.54) is 0 Å². The zero-order chi connectivity index (χ0) is 14.9. The summed E-state index contributed by atoms with van der Waals surface area (Å²) in [5.41, 5.74) is -0.961. The van der Waals surface area contributed by atoms with Crippen molar-refractivity contribution in [3.63, 3.8) is 0 Å². The van der Waals surface area contributed by atoms with Gasteiger partial charge >= 0.3 is 0 Å². The van der Waals surface area contributed by atoms with Gasteiger partial charge in [-0.05, 0) is 27.2 Å². The maximum atomic E-state index is 11.4. The molecule has 0 amide bonds. The van der Waals surface area contributed by atoms with Gasteiger partial charge in [0.25, 0.3) is 10.1 Å². The molecule has 7 heteroatoms. The molecule has 1 rings (SSSR count). The third-order valence-corrected chi connectivity index (χ3v) is 3.82. The average molecular weight is 291 g/mol. The summed E-state index contributed by atoms with van der Waals surface area (Å²) in [6, 6.07) is 2.13. The maximum Gasteiger partial charge on any atom is 0.264 e. The molecule has 1 fully saturated rings. The lowest BCUT2D eigenvalue weighted by Gasteiger charge is -2.33. The number of nitriles is 1. The molecule has 1 aliphatic heterocycles. The van der Waals surface area contributed by atoms with E-state index in [1.807, 2.05) is 6.92 Å². The molecular formula is C12H21NO5S. The smallest absolute Gasteiger partial charge is 0.264 e. The Morgan fingerprint density at radius 2 is 2.16 bits per heavy atom. The molecule has 0 aromatic rings. The Morgan fingerprint density at radius 1 is 1.58 bits per heavy atom. The standard InChI is InChI=1S/C12H21NO5S/c1-6-12(4,8-13)10(18-19(5,14)15)9-7-16-11(2,3)17-9/h9-10H,6-7H2,1-5H3/t9?,10-,12+/m1/s1. The molecule has 0 aromatic heterocycles. The van der Waals surface area contributed by atoms with Crippen molar-refractivity contribution >= 4 is 10.1 Å². The van der Waals surface area contributed by atoms with Crippen molar-refractivity contribution in [2.24, 2.45) is 5.41 Å². The molecule has 0 aromatic carbocycles. The first-order valence-corrected chi connectivity index (χ1v) is 7.96. The number of ether oxygens (including phenoxy) is 2. The molecule has 0 bridgehead atoms. The Kier molecular flexibility index (Phi) is 4.62. The van der Waals surface area contributed by atoms with Crippen molar-refractivity contribution < 1.29 is 22.1 Å². The van der Waals surface area contributed by atoms with Crippen molar-refractivity contribution in [1.29, 1.82) is 5.26 Å². The second-order valence-corrected chi connectivity index (χ2v) is 7.07. The highest BCUT2D eigenvalue weighted by molar-refractivity contribution is 7.86. The van der Waals surface area contributed by atoms with Gasteiger partial charge in [0.2, 0.25) is 0 Å². The highest BCUT2D eigenvalue weighted by Gasteiger charge is 2.47. The molecule has 1 saturated heterocycles. The van der Waals surface area contributed by atoms with E-state index in [0.29, 0.717) is 6.42 Å². The van der Waals surface area contributed by atoms with E-state index in [9.17, 15) is 13.7 Å². The van der Waals surface area contributed by atoms with Gasteiger partial charge in [-0.2, -0.15) is 13.7 Å². The Bertz CT molecular complexity index is 467. The molecule has 1 heterocycles. The van der Waals surface area contributed by atoms with Crippen LogP contribution in [0.1, 0.15) is 34.1 Å². The summed E-state index contributed by atoms with van der Waals surface area (Å²) in [5, 5.41) is 9.32. The number of hydrogen-bond acceptors (Lipinski definition) is 6. The van der Waals surface area contributed by atoms with Crippen LogP contribution >= 0.6 is 0 Å². The van der Waals surface area contributed by atoms with Crippen LogP contribution < -0.4 is 0 Å². The Balaban J connectivity index is 3.04. The lowest BCUT2D eigenvalue weighted by Crippen LogP contribution is -2.45. The normalized spacial score (nSPS) is 27.5. The SMILES string of the molecule is CC[C@@](C)(C#N)[C@H](OS(C)(=O)=O)C1COC(C)(C)O1. The summed E-state index contributed by atoms with van der Waals surface area (Å²) < 4.78 is 39.0. The van der Waals surface area contributed by atoms with Crippen LogP contribution in [0, 0.1) is 16.7 Å². The monoisotopic (exact) mass is 291 g/mol. The summed E-state index contributed by atoms with van der Waals surface area (Å²) in [7, 11) is -3.69. The van der Waals surface area contributed by atoms with Gasteiger partial charge in [0.1, 0.15) is 12.2 Å². The molecule has 0 spiro atoms. The van der Waals surface area contributed by atoms with E-state index in [-0.39, 0.29) is 6.61 Å². The minimum Gasteiger partial charge on any atom is -0.348 e. The molecule has 1 aliphatic rings. The Labute approximate surface area is 114 Å². The van der Waals surface area contributed by atoms with Gasteiger partial charge in [0.05, 0.1) is 24.3 Å². The van der Waals surface area contributed by atoms with Crippen LogP contribution in [0.4, 0.5) is 0 Å². The minimum atomic E-state index is -3.69. The second-order valence-electron chi connectivity index (χ2n) is 5.47. The zero-order valence-corrected chi connectivity index (χ0v) is 12.8. The van der Waals surface area contributed by atoms with E-state index in [1.54, 1.807) is 20.8 Å². The Hall–Kier alpha value is -0.680. The third kappa shape index (κ3) is 4.14. The van der Waals surface area contributed by atoms with Crippen molar-refractivity contribution in [3.8, 4) is 6.07 Å². The fourth-order valence-electron chi connectivity index (χ4n) is 1.98. The minimum absolute atomic E-state index is 0.199. The first-order valence-electron chi connectivity index (χ1n) is 6.14. The molecule has 0 saturated carbocycles. The van der Waals surface area contributed by atoms with Gasteiger partial charge in [-0.3, -0.25) is 4.18 Å². The van der Waals surface area contributed by atoms with Crippen LogP contribution in [-0.2, 0) is 23.8 Å². The van der Waals surface area contributed by atoms with E-state index in [2.05, 4.69) is 6.07 Å². The molecule has 1 unspecified atom stereocenters. The summed E-state index contributed by atoms with van der Waals surface area (Å²) in [5.74, 6) is -0.798. The molecular weight excluding hydrogens is 270 g/mol. The predicted molar refractivity (Wildman–Crippen MR) is 68.6 cm³/mol. The van der Waals surface area contributed by atoms with E-state index >= 15 is 0 Å². The van der Waals surface area contributed by atoms with Crippen LogP contribution in [0.25, 0.3) is 0 Å². The van der Waals surface area contributed by atoms with Crippen LogP contribution in [-0.4, -0.2) is 39.3 Å². The van der Waals surface area contributed by atoms with Crippen LogP contribution in [0.5, 0.6) is 0 Å². The summed E-state index contributed by atoms with van der Waals surface area (Å²) in [6.45, 7) is 7.14. The Morgan fingerprint density at radius 3 is 2.47 bits per heavy atom. The van der Waals surface area contributed by atoms with Gasteiger partial charge in [-0.1, -0.05) is 6.92 Å². The first kappa shape index (κ1) is 16.4. The highest BCUT2D eigenvalue weighted by Crippen LogP contribution is 2.36. The lowest BCUT2D eigenvalue weighted by molar-refractivity contribution is -0.155. The summed E-state index contributed by atoms with van der Waals surface area (Å²) >= 11 is 0. The maximum absolute atomic E-state index is 11.4. The second kappa shape index (κ2) is 5.37. The topological polar surface area (TPSA) is 85.6 Å². The van der Waals surface area contributed by atoms with Gasteiger partial charge in [-0.15, -0.1) is 0 Å². The van der Waals surface area contributed by atoms with Gasteiger partial charge < -0.3 is 9.47 Å². The van der Waals surface area contributed by atoms with Gasteiger partial charge in [0, 0.05) is 0 Å². The average Bonchev–Trinajstić information content (AvgIpc) is 2.64. The van der Waals surface area contributed by atoms with Gasteiger partial charge in [-0.25, -0.2) is 0 Å². The van der Waals surface area contributed by atoms with Crippen LogP contribution in [0.2, 0.25) is 0 Å². The number of rotatable bonds is 5. The van der Waals surface area contributed by atoms with Gasteiger partial charge in [0.15, 0.2) is 5.79 Å². The molecule has 0 aliphatic carbocycles. The van der Waals surface area contributed by atoms with Crippen molar-refractivity contribution in [2.45, 2.75) is 52.1 Å². The molecule has 0 N–H and O–H groups in total. The third-order valence-electron chi connectivity index (χ3n) is 3.26. The number of hydrogen-bond donors (Lipinski definition) is 0. The largest absolute Gasteiger partial charge is 0.348 e.